The molecule has 0 bridgehead atoms. The minimum Gasteiger partial charge on any atom is -0.481 e. The van der Waals surface area contributed by atoms with Crippen LogP contribution in [0, 0.1) is 5.92 Å². The van der Waals surface area contributed by atoms with Crippen molar-refractivity contribution >= 4 is 27.9 Å². The molecule has 2 atom stereocenters. The maximum absolute atomic E-state index is 12.0. The van der Waals surface area contributed by atoms with Crippen LogP contribution >= 0.6 is 15.9 Å². The second-order valence-electron chi connectivity index (χ2n) is 5.43. The van der Waals surface area contributed by atoms with Gasteiger partial charge in [0.05, 0.1) is 6.04 Å². The lowest BCUT2D eigenvalue weighted by molar-refractivity contribution is -0.167. The highest BCUT2D eigenvalue weighted by molar-refractivity contribution is 9.10. The molecule has 0 aromatic heterocycles. The number of esters is 1. The topological polar surface area (TPSA) is 89.6 Å². The second kappa shape index (κ2) is 6.37. The number of carboxylic acids is 1. The van der Waals surface area contributed by atoms with Crippen LogP contribution in [0.25, 0.3) is 0 Å². The number of benzene rings is 1. The Bertz CT molecular complexity index is 493. The van der Waals surface area contributed by atoms with Gasteiger partial charge in [-0.3, -0.25) is 9.59 Å². The van der Waals surface area contributed by atoms with E-state index in [-0.39, 0.29) is 0 Å². The van der Waals surface area contributed by atoms with Crippen molar-refractivity contribution in [3.63, 3.8) is 0 Å². The van der Waals surface area contributed by atoms with Gasteiger partial charge in [0, 0.05) is 4.47 Å². The summed E-state index contributed by atoms with van der Waals surface area (Å²) >= 11 is 3.28. The number of rotatable bonds is 4. The summed E-state index contributed by atoms with van der Waals surface area (Å²) in [5.74, 6) is -3.56. The number of hydrogen-bond donors (Lipinski definition) is 2. The van der Waals surface area contributed by atoms with Crippen molar-refractivity contribution < 1.29 is 19.4 Å². The number of carbonyl (C=O) groups excluding carboxylic acids is 1. The average molecular weight is 344 g/mol. The number of carbonyl (C=O) groups is 2. The molecule has 0 saturated carbocycles. The standard InChI is InChI=1S/C14H18BrNO4/c1-14(2,3)20-13(19)10(12(17)18)11(16)8-4-6-9(15)7-5-8/h4-7,10-11H,16H2,1-3H3,(H,17,18)/t10-,11?/m1/s1. The highest BCUT2D eigenvalue weighted by Gasteiger charge is 2.37. The fourth-order valence-electron chi connectivity index (χ4n) is 1.64. The molecule has 0 fully saturated rings. The van der Waals surface area contributed by atoms with E-state index in [0.717, 1.165) is 4.47 Å². The molecule has 0 saturated heterocycles. The van der Waals surface area contributed by atoms with E-state index in [0.29, 0.717) is 5.56 Å². The predicted molar refractivity (Wildman–Crippen MR) is 78.0 cm³/mol. The number of halogens is 1. The van der Waals surface area contributed by atoms with Gasteiger partial charge < -0.3 is 15.6 Å². The van der Waals surface area contributed by atoms with Crippen LogP contribution in [0.2, 0.25) is 0 Å². The third-order valence-corrected chi connectivity index (χ3v) is 3.07. The molecule has 1 aromatic carbocycles. The molecule has 0 radical (unpaired) electrons. The van der Waals surface area contributed by atoms with Crippen LogP contribution in [0.15, 0.2) is 28.7 Å². The summed E-state index contributed by atoms with van der Waals surface area (Å²) in [5.41, 5.74) is 5.71. The van der Waals surface area contributed by atoms with Gasteiger partial charge in [0.15, 0.2) is 5.92 Å². The zero-order valence-corrected chi connectivity index (χ0v) is 13.2. The number of hydrogen-bond acceptors (Lipinski definition) is 4. The van der Waals surface area contributed by atoms with Crippen molar-refractivity contribution in [2.75, 3.05) is 0 Å². The first-order valence-electron chi connectivity index (χ1n) is 6.08. The zero-order valence-electron chi connectivity index (χ0n) is 11.6. The normalized spacial score (nSPS) is 14.4. The highest BCUT2D eigenvalue weighted by Crippen LogP contribution is 2.24. The van der Waals surface area contributed by atoms with E-state index >= 15 is 0 Å². The monoisotopic (exact) mass is 343 g/mol. The van der Waals surface area contributed by atoms with E-state index in [1.165, 1.54) is 0 Å². The van der Waals surface area contributed by atoms with Crippen molar-refractivity contribution in [2.45, 2.75) is 32.4 Å². The lowest BCUT2D eigenvalue weighted by Gasteiger charge is -2.25. The minimum atomic E-state index is -1.43. The quantitative estimate of drug-likeness (QED) is 0.647. The van der Waals surface area contributed by atoms with E-state index in [9.17, 15) is 14.7 Å². The van der Waals surface area contributed by atoms with E-state index in [2.05, 4.69) is 15.9 Å². The molecule has 0 aliphatic rings. The Morgan fingerprint density at radius 1 is 1.25 bits per heavy atom. The molecule has 6 heteroatoms. The molecule has 0 aliphatic heterocycles. The fourth-order valence-corrected chi connectivity index (χ4v) is 1.91. The number of nitrogens with two attached hydrogens (primary N) is 1. The Morgan fingerprint density at radius 2 is 1.75 bits per heavy atom. The maximum Gasteiger partial charge on any atom is 0.322 e. The molecular formula is C14H18BrNO4. The average Bonchev–Trinajstić information content (AvgIpc) is 2.26. The van der Waals surface area contributed by atoms with Gasteiger partial charge in [0.1, 0.15) is 5.60 Å². The highest BCUT2D eigenvalue weighted by atomic mass is 79.9. The Hall–Kier alpha value is -1.40. The number of aliphatic carboxylic acids is 1. The van der Waals surface area contributed by atoms with Gasteiger partial charge in [-0.15, -0.1) is 0 Å². The molecule has 0 amide bonds. The summed E-state index contributed by atoms with van der Waals surface area (Å²) in [6, 6.07) is 5.87. The summed E-state index contributed by atoms with van der Waals surface area (Å²) in [4.78, 5) is 23.3. The smallest absolute Gasteiger partial charge is 0.322 e. The van der Waals surface area contributed by atoms with E-state index in [4.69, 9.17) is 10.5 Å². The summed E-state index contributed by atoms with van der Waals surface area (Å²) in [6.45, 7) is 5.03. The van der Waals surface area contributed by atoms with Crippen molar-refractivity contribution in [2.24, 2.45) is 11.7 Å². The third kappa shape index (κ3) is 4.61. The molecule has 5 nitrogen and oxygen atoms in total. The summed E-state index contributed by atoms with van der Waals surface area (Å²) in [7, 11) is 0. The number of carboxylic acid groups (broad SMARTS) is 1. The molecule has 1 aromatic rings. The Labute approximate surface area is 126 Å². The SMILES string of the molecule is CC(C)(C)OC(=O)[C@@H](C(=O)O)C(N)c1ccc(Br)cc1. The molecule has 0 spiro atoms. The van der Waals surface area contributed by atoms with Gasteiger partial charge in [-0.2, -0.15) is 0 Å². The van der Waals surface area contributed by atoms with Gasteiger partial charge in [0.2, 0.25) is 0 Å². The predicted octanol–water partition coefficient (Wildman–Crippen LogP) is 2.49. The molecule has 0 heterocycles. The van der Waals surface area contributed by atoms with Crippen LogP contribution < -0.4 is 5.73 Å². The Balaban J connectivity index is 2.99. The molecule has 110 valence electrons. The molecular weight excluding hydrogens is 326 g/mol. The van der Waals surface area contributed by atoms with Crippen LogP contribution in [0.5, 0.6) is 0 Å². The van der Waals surface area contributed by atoms with Crippen molar-refractivity contribution in [3.05, 3.63) is 34.3 Å². The fraction of sp³-hybridized carbons (Fsp3) is 0.429. The maximum atomic E-state index is 12.0. The van der Waals surface area contributed by atoms with Crippen molar-refractivity contribution in [1.29, 1.82) is 0 Å². The van der Waals surface area contributed by atoms with Crippen LogP contribution in [0.3, 0.4) is 0 Å². The molecule has 1 rings (SSSR count). The first-order valence-corrected chi connectivity index (χ1v) is 6.88. The largest absolute Gasteiger partial charge is 0.481 e. The third-order valence-electron chi connectivity index (χ3n) is 2.54. The molecule has 1 unspecified atom stereocenters. The van der Waals surface area contributed by atoms with Crippen LogP contribution in [-0.2, 0) is 14.3 Å². The van der Waals surface area contributed by atoms with Crippen molar-refractivity contribution in [1.82, 2.24) is 0 Å². The van der Waals surface area contributed by atoms with Crippen LogP contribution in [-0.4, -0.2) is 22.6 Å². The van der Waals surface area contributed by atoms with Gasteiger partial charge in [0.25, 0.3) is 0 Å². The Kier molecular flexibility index (Phi) is 5.30. The van der Waals surface area contributed by atoms with E-state index in [1.807, 2.05) is 0 Å². The van der Waals surface area contributed by atoms with E-state index in [1.54, 1.807) is 45.0 Å². The first kappa shape index (κ1) is 16.7. The van der Waals surface area contributed by atoms with Gasteiger partial charge >= 0.3 is 11.9 Å². The summed E-state index contributed by atoms with van der Waals surface area (Å²) in [5, 5.41) is 9.24. The molecule has 0 aliphatic carbocycles. The van der Waals surface area contributed by atoms with Crippen LogP contribution in [0.4, 0.5) is 0 Å². The van der Waals surface area contributed by atoms with E-state index < -0.39 is 29.5 Å². The minimum absolute atomic E-state index is 0.562. The lowest BCUT2D eigenvalue weighted by atomic mass is 9.93. The molecule has 3 N–H and O–H groups in total. The zero-order chi connectivity index (χ0) is 15.5. The molecule has 20 heavy (non-hydrogen) atoms. The first-order chi connectivity index (χ1) is 9.11. The summed E-state index contributed by atoms with van der Waals surface area (Å²) < 4.78 is 5.96. The van der Waals surface area contributed by atoms with Crippen molar-refractivity contribution in [3.8, 4) is 0 Å². The van der Waals surface area contributed by atoms with Gasteiger partial charge in [-0.1, -0.05) is 28.1 Å². The van der Waals surface area contributed by atoms with Crippen LogP contribution in [0.1, 0.15) is 32.4 Å². The Morgan fingerprint density at radius 3 is 2.15 bits per heavy atom. The number of ether oxygens (including phenoxy) is 1. The van der Waals surface area contributed by atoms with Gasteiger partial charge in [-0.05, 0) is 38.5 Å². The van der Waals surface area contributed by atoms with Gasteiger partial charge in [-0.25, -0.2) is 0 Å². The summed E-state index contributed by atoms with van der Waals surface area (Å²) in [6.07, 6.45) is 0. The second-order valence-corrected chi connectivity index (χ2v) is 6.34. The lowest BCUT2D eigenvalue weighted by Crippen LogP contribution is -2.39.